The quantitative estimate of drug-likeness (QED) is 0.525. The summed E-state index contributed by atoms with van der Waals surface area (Å²) in [6, 6.07) is 0.0975. The number of carbonyl (C=O) groups is 3. The molecule has 3 aliphatic rings. The highest BCUT2D eigenvalue weighted by atomic mass is 16.8. The van der Waals surface area contributed by atoms with Crippen LogP contribution in [-0.2, 0) is 38.0 Å². The molecule has 1 N–H and O–H groups in total. The van der Waals surface area contributed by atoms with E-state index in [2.05, 4.69) is 5.32 Å². The molecular formula is C19H29NO9. The minimum absolute atomic E-state index is 0.0975. The minimum Gasteiger partial charge on any atom is -0.459 e. The number of nitrogens with one attached hydrogen (secondary N) is 1. The third-order valence-corrected chi connectivity index (χ3v) is 5.26. The van der Waals surface area contributed by atoms with Crippen LogP contribution in [0.4, 0.5) is 4.79 Å². The first-order chi connectivity index (χ1) is 13.8. The monoisotopic (exact) mass is 415 g/mol. The molecule has 2 saturated heterocycles. The van der Waals surface area contributed by atoms with Gasteiger partial charge in [-0.3, -0.25) is 9.59 Å². The maximum absolute atomic E-state index is 12.4. The molecule has 29 heavy (non-hydrogen) atoms. The predicted octanol–water partition coefficient (Wildman–Crippen LogP) is 1.40. The molecule has 0 radical (unpaired) electrons. The topological polar surface area (TPSA) is 119 Å². The molecule has 2 aliphatic heterocycles. The number of amides is 1. The fourth-order valence-corrected chi connectivity index (χ4v) is 4.02. The average molecular weight is 415 g/mol. The van der Waals surface area contributed by atoms with Crippen molar-refractivity contribution in [1.29, 1.82) is 0 Å². The standard InChI is InChI=1S/C19H29NO9/c1-11(21)24-10-19(29-12(2)22)17-16(26-13(3)27-17)15(9-25-19)28-18(23)20-14-7-5-4-6-8-14/h13-17H,4-10H2,1-3H3,(H,20,23)/t13-,15+,16-,17-,19+/m0/s1. The summed E-state index contributed by atoms with van der Waals surface area (Å²) < 4.78 is 33.3. The van der Waals surface area contributed by atoms with Crippen LogP contribution in [0.2, 0.25) is 0 Å². The summed E-state index contributed by atoms with van der Waals surface area (Å²) in [6.45, 7) is 3.65. The first-order valence-electron chi connectivity index (χ1n) is 10.0. The summed E-state index contributed by atoms with van der Waals surface area (Å²) in [4.78, 5) is 35.3. The molecule has 1 saturated carbocycles. The van der Waals surface area contributed by atoms with Crippen molar-refractivity contribution in [2.24, 2.45) is 0 Å². The van der Waals surface area contributed by atoms with Crippen LogP contribution >= 0.6 is 0 Å². The maximum atomic E-state index is 12.4. The largest absolute Gasteiger partial charge is 0.459 e. The van der Waals surface area contributed by atoms with Gasteiger partial charge in [0, 0.05) is 19.9 Å². The second-order valence-electron chi connectivity index (χ2n) is 7.64. The van der Waals surface area contributed by atoms with Gasteiger partial charge in [-0.1, -0.05) is 19.3 Å². The highest BCUT2D eigenvalue weighted by molar-refractivity contribution is 5.68. The average Bonchev–Trinajstić information content (AvgIpc) is 3.05. The second-order valence-corrected chi connectivity index (χ2v) is 7.64. The van der Waals surface area contributed by atoms with E-state index in [0.717, 1.165) is 25.7 Å². The number of fused-ring (bicyclic) bond motifs is 1. The van der Waals surface area contributed by atoms with Gasteiger partial charge in [0.25, 0.3) is 5.79 Å². The van der Waals surface area contributed by atoms with Gasteiger partial charge in [-0.15, -0.1) is 0 Å². The van der Waals surface area contributed by atoms with Crippen molar-refractivity contribution in [1.82, 2.24) is 5.32 Å². The van der Waals surface area contributed by atoms with Crippen molar-refractivity contribution in [3.05, 3.63) is 0 Å². The van der Waals surface area contributed by atoms with E-state index < -0.39 is 48.4 Å². The Balaban J connectivity index is 1.69. The summed E-state index contributed by atoms with van der Waals surface area (Å²) >= 11 is 0. The fraction of sp³-hybridized carbons (Fsp3) is 0.842. The van der Waals surface area contributed by atoms with Crippen LogP contribution in [0.25, 0.3) is 0 Å². The molecule has 2 heterocycles. The zero-order valence-electron chi connectivity index (χ0n) is 17.0. The Morgan fingerprint density at radius 1 is 1.07 bits per heavy atom. The summed E-state index contributed by atoms with van der Waals surface area (Å²) in [5, 5.41) is 2.88. The van der Waals surface area contributed by atoms with Gasteiger partial charge in [0.15, 0.2) is 25.1 Å². The molecule has 0 unspecified atom stereocenters. The van der Waals surface area contributed by atoms with E-state index in [1.54, 1.807) is 6.92 Å². The van der Waals surface area contributed by atoms with E-state index in [0.29, 0.717) is 0 Å². The number of ether oxygens (including phenoxy) is 6. The lowest BCUT2D eigenvalue weighted by molar-refractivity contribution is -0.318. The van der Waals surface area contributed by atoms with Crippen LogP contribution in [-0.4, -0.2) is 67.7 Å². The smallest absolute Gasteiger partial charge is 0.407 e. The zero-order valence-corrected chi connectivity index (χ0v) is 17.0. The molecule has 3 rings (SSSR count). The normalized spacial score (nSPS) is 34.7. The zero-order chi connectivity index (χ0) is 21.0. The molecule has 0 bridgehead atoms. The lowest BCUT2D eigenvalue weighted by atomic mass is 9.96. The van der Waals surface area contributed by atoms with E-state index in [9.17, 15) is 14.4 Å². The molecule has 10 heteroatoms. The Morgan fingerprint density at radius 2 is 1.79 bits per heavy atom. The molecular weight excluding hydrogens is 386 g/mol. The third-order valence-electron chi connectivity index (χ3n) is 5.26. The molecule has 1 aliphatic carbocycles. The summed E-state index contributed by atoms with van der Waals surface area (Å²) in [6.07, 6.45) is 1.56. The number of esters is 2. The van der Waals surface area contributed by atoms with Crippen molar-refractivity contribution in [2.45, 2.75) is 89.3 Å². The Hall–Kier alpha value is -1.91. The van der Waals surface area contributed by atoms with Gasteiger partial charge in [0.2, 0.25) is 0 Å². The molecule has 3 fully saturated rings. The number of rotatable bonds is 5. The van der Waals surface area contributed by atoms with Crippen LogP contribution < -0.4 is 5.32 Å². The molecule has 10 nitrogen and oxygen atoms in total. The van der Waals surface area contributed by atoms with E-state index in [-0.39, 0.29) is 19.3 Å². The highest BCUT2D eigenvalue weighted by Crippen LogP contribution is 2.38. The summed E-state index contributed by atoms with van der Waals surface area (Å²) in [5.41, 5.74) is 0. The van der Waals surface area contributed by atoms with Crippen molar-refractivity contribution < 1.29 is 42.8 Å². The maximum Gasteiger partial charge on any atom is 0.407 e. The summed E-state index contributed by atoms with van der Waals surface area (Å²) in [5.74, 6) is -2.87. The molecule has 0 spiro atoms. The molecule has 164 valence electrons. The lowest BCUT2D eigenvalue weighted by Gasteiger charge is -2.43. The van der Waals surface area contributed by atoms with Crippen molar-refractivity contribution in [3.63, 3.8) is 0 Å². The van der Waals surface area contributed by atoms with E-state index >= 15 is 0 Å². The van der Waals surface area contributed by atoms with E-state index in [1.807, 2.05) is 0 Å². The molecule has 0 aromatic heterocycles. The molecule has 1 amide bonds. The summed E-state index contributed by atoms with van der Waals surface area (Å²) in [7, 11) is 0. The van der Waals surface area contributed by atoms with Crippen LogP contribution in [0.1, 0.15) is 52.9 Å². The second kappa shape index (κ2) is 9.27. The van der Waals surface area contributed by atoms with Crippen molar-refractivity contribution >= 4 is 18.0 Å². The number of hydrogen-bond donors (Lipinski definition) is 1. The van der Waals surface area contributed by atoms with Crippen LogP contribution in [0.5, 0.6) is 0 Å². The van der Waals surface area contributed by atoms with Crippen molar-refractivity contribution in [2.75, 3.05) is 13.2 Å². The van der Waals surface area contributed by atoms with Crippen LogP contribution in [0.3, 0.4) is 0 Å². The number of hydrogen-bond acceptors (Lipinski definition) is 9. The van der Waals surface area contributed by atoms with Gasteiger partial charge in [0.05, 0.1) is 6.61 Å². The first-order valence-corrected chi connectivity index (χ1v) is 10.0. The Labute approximate surface area is 169 Å². The third kappa shape index (κ3) is 5.37. The number of alkyl carbamates (subject to hydrolysis) is 1. The highest BCUT2D eigenvalue weighted by Gasteiger charge is 2.61. The van der Waals surface area contributed by atoms with Gasteiger partial charge in [-0.05, 0) is 19.8 Å². The predicted molar refractivity (Wildman–Crippen MR) is 96.6 cm³/mol. The van der Waals surface area contributed by atoms with E-state index in [4.69, 9.17) is 28.4 Å². The van der Waals surface area contributed by atoms with Gasteiger partial charge < -0.3 is 33.7 Å². The fourth-order valence-electron chi connectivity index (χ4n) is 4.02. The Bertz CT molecular complexity index is 621. The van der Waals surface area contributed by atoms with Gasteiger partial charge in [-0.25, -0.2) is 4.79 Å². The Kier molecular flexibility index (Phi) is 6.97. The minimum atomic E-state index is -1.67. The van der Waals surface area contributed by atoms with Crippen LogP contribution in [0.15, 0.2) is 0 Å². The lowest BCUT2D eigenvalue weighted by Crippen LogP contribution is -2.64. The van der Waals surface area contributed by atoms with Crippen LogP contribution in [0, 0.1) is 0 Å². The van der Waals surface area contributed by atoms with Crippen molar-refractivity contribution in [3.8, 4) is 0 Å². The molecule has 0 aromatic rings. The molecule has 5 atom stereocenters. The van der Waals surface area contributed by atoms with Gasteiger partial charge in [-0.2, -0.15) is 0 Å². The molecule has 0 aromatic carbocycles. The Morgan fingerprint density at radius 3 is 2.45 bits per heavy atom. The van der Waals surface area contributed by atoms with Gasteiger partial charge >= 0.3 is 18.0 Å². The number of carbonyl (C=O) groups excluding carboxylic acids is 3. The SMILES string of the molecule is CC(=O)OC[C@]1(OC(C)=O)OC[C@@H](OC(=O)NC2CCCCC2)[C@@H]2O[C@H](C)O[C@@H]21. The van der Waals surface area contributed by atoms with Gasteiger partial charge in [0.1, 0.15) is 6.10 Å². The van der Waals surface area contributed by atoms with E-state index in [1.165, 1.54) is 20.3 Å². The first kappa shape index (κ1) is 21.8.